The summed E-state index contributed by atoms with van der Waals surface area (Å²) in [5.41, 5.74) is -0.0690. The van der Waals surface area contributed by atoms with Gasteiger partial charge >= 0.3 is 5.69 Å². The van der Waals surface area contributed by atoms with E-state index in [1.165, 1.54) is 6.20 Å². The van der Waals surface area contributed by atoms with E-state index in [0.29, 0.717) is 17.7 Å². The van der Waals surface area contributed by atoms with Crippen LogP contribution in [0.15, 0.2) is 6.20 Å². The molecule has 0 spiro atoms. The summed E-state index contributed by atoms with van der Waals surface area (Å²) >= 11 is 0. The van der Waals surface area contributed by atoms with Crippen molar-refractivity contribution in [3.8, 4) is 0 Å². The Hall–Kier alpha value is -1.96. The predicted molar refractivity (Wildman–Crippen MR) is 74.8 cm³/mol. The van der Waals surface area contributed by atoms with Gasteiger partial charge in [-0.25, -0.2) is 4.98 Å². The Morgan fingerprint density at radius 1 is 1.45 bits per heavy atom. The minimum absolute atomic E-state index is 0.0690. The standard InChI is InChI=1S/C12H18N6O2/c1-13-12-14-6-10(18(19)20)11(16-12)15-9-7-17-4-2-8(9)3-5-17/h6,8-9H,2-5,7H2,1H3,(H2,13,14,15,16). The molecule has 3 aliphatic heterocycles. The molecule has 3 aliphatic rings. The van der Waals surface area contributed by atoms with Crippen LogP contribution in [0, 0.1) is 16.0 Å². The van der Waals surface area contributed by atoms with Crippen molar-refractivity contribution in [2.75, 3.05) is 37.3 Å². The third-order valence-electron chi connectivity index (χ3n) is 4.17. The van der Waals surface area contributed by atoms with Crippen LogP contribution in [-0.4, -0.2) is 52.5 Å². The molecular weight excluding hydrogens is 260 g/mol. The van der Waals surface area contributed by atoms with Gasteiger partial charge in [0, 0.05) is 19.6 Å². The lowest BCUT2D eigenvalue weighted by molar-refractivity contribution is -0.384. The molecule has 3 fully saturated rings. The third kappa shape index (κ3) is 2.38. The molecular formula is C12H18N6O2. The Bertz CT molecular complexity index is 515. The summed E-state index contributed by atoms with van der Waals surface area (Å²) in [6.07, 6.45) is 3.55. The first kappa shape index (κ1) is 13.0. The molecule has 2 N–H and O–H groups in total. The summed E-state index contributed by atoms with van der Waals surface area (Å²) in [7, 11) is 1.69. The van der Waals surface area contributed by atoms with E-state index >= 15 is 0 Å². The second-order valence-electron chi connectivity index (χ2n) is 5.32. The maximum absolute atomic E-state index is 11.1. The highest BCUT2D eigenvalue weighted by molar-refractivity contribution is 5.57. The van der Waals surface area contributed by atoms with Gasteiger partial charge in [0.25, 0.3) is 0 Å². The van der Waals surface area contributed by atoms with Crippen LogP contribution in [-0.2, 0) is 0 Å². The van der Waals surface area contributed by atoms with E-state index in [0.717, 1.165) is 32.5 Å². The first-order chi connectivity index (χ1) is 9.67. The number of nitro groups is 1. The van der Waals surface area contributed by atoms with Crippen LogP contribution in [0.25, 0.3) is 0 Å². The number of nitrogens with one attached hydrogen (secondary N) is 2. The SMILES string of the molecule is CNc1ncc([N+](=O)[O-])c(NC2CN3CCC2CC3)n1. The summed E-state index contributed by atoms with van der Waals surface area (Å²) in [6.45, 7) is 3.20. The highest BCUT2D eigenvalue weighted by atomic mass is 16.6. The average Bonchev–Trinajstić information content (AvgIpc) is 2.48. The molecule has 0 aliphatic carbocycles. The number of aromatic nitrogens is 2. The van der Waals surface area contributed by atoms with E-state index in [9.17, 15) is 10.1 Å². The fraction of sp³-hybridized carbons (Fsp3) is 0.667. The largest absolute Gasteiger partial charge is 0.360 e. The summed E-state index contributed by atoms with van der Waals surface area (Å²) in [4.78, 5) is 21.1. The lowest BCUT2D eigenvalue weighted by Crippen LogP contribution is -2.53. The van der Waals surface area contributed by atoms with Gasteiger partial charge in [0.15, 0.2) is 0 Å². The van der Waals surface area contributed by atoms with E-state index in [2.05, 4.69) is 25.5 Å². The minimum Gasteiger partial charge on any atom is -0.360 e. The third-order valence-corrected chi connectivity index (χ3v) is 4.17. The molecule has 8 nitrogen and oxygen atoms in total. The summed E-state index contributed by atoms with van der Waals surface area (Å²) in [5, 5.41) is 17.1. The molecule has 2 bridgehead atoms. The molecule has 1 unspecified atom stereocenters. The van der Waals surface area contributed by atoms with Crippen molar-refractivity contribution in [3.63, 3.8) is 0 Å². The molecule has 0 amide bonds. The molecule has 1 aromatic rings. The zero-order valence-electron chi connectivity index (χ0n) is 11.4. The van der Waals surface area contributed by atoms with E-state index in [-0.39, 0.29) is 11.7 Å². The van der Waals surface area contributed by atoms with Gasteiger partial charge in [-0.1, -0.05) is 0 Å². The predicted octanol–water partition coefficient (Wildman–Crippen LogP) is 0.933. The molecule has 8 heteroatoms. The highest BCUT2D eigenvalue weighted by Crippen LogP contribution is 2.31. The van der Waals surface area contributed by atoms with Gasteiger partial charge < -0.3 is 15.5 Å². The van der Waals surface area contributed by atoms with Gasteiger partial charge in [0.2, 0.25) is 11.8 Å². The van der Waals surface area contributed by atoms with Crippen LogP contribution >= 0.6 is 0 Å². The van der Waals surface area contributed by atoms with Gasteiger partial charge in [-0.05, 0) is 31.8 Å². The maximum atomic E-state index is 11.1. The van der Waals surface area contributed by atoms with Crippen molar-refractivity contribution in [2.24, 2.45) is 5.92 Å². The Balaban J connectivity index is 1.83. The molecule has 1 aromatic heterocycles. The number of anilines is 2. The van der Waals surface area contributed by atoms with Gasteiger partial charge in [-0.15, -0.1) is 0 Å². The van der Waals surface area contributed by atoms with Crippen molar-refractivity contribution in [1.82, 2.24) is 14.9 Å². The number of fused-ring (bicyclic) bond motifs is 3. The lowest BCUT2D eigenvalue weighted by atomic mass is 9.84. The smallest absolute Gasteiger partial charge is 0.329 e. The summed E-state index contributed by atoms with van der Waals surface area (Å²) in [5.74, 6) is 1.28. The molecule has 108 valence electrons. The Kier molecular flexibility index (Phi) is 3.39. The molecule has 4 rings (SSSR count). The number of piperidine rings is 3. The van der Waals surface area contributed by atoms with Crippen LogP contribution in [0.3, 0.4) is 0 Å². The Morgan fingerprint density at radius 2 is 2.20 bits per heavy atom. The van der Waals surface area contributed by atoms with Gasteiger partial charge in [-0.3, -0.25) is 10.1 Å². The van der Waals surface area contributed by atoms with E-state index in [1.807, 2.05) is 0 Å². The van der Waals surface area contributed by atoms with Crippen molar-refractivity contribution in [1.29, 1.82) is 0 Å². The summed E-state index contributed by atoms with van der Waals surface area (Å²) < 4.78 is 0. The number of rotatable bonds is 4. The fourth-order valence-corrected chi connectivity index (χ4v) is 3.04. The van der Waals surface area contributed by atoms with Gasteiger partial charge in [-0.2, -0.15) is 4.98 Å². The number of nitrogens with zero attached hydrogens (tertiary/aromatic N) is 4. The maximum Gasteiger partial charge on any atom is 0.329 e. The van der Waals surface area contributed by atoms with Crippen molar-refractivity contribution >= 4 is 17.5 Å². The fourth-order valence-electron chi connectivity index (χ4n) is 3.04. The quantitative estimate of drug-likeness (QED) is 0.624. The number of hydrogen-bond donors (Lipinski definition) is 2. The second-order valence-corrected chi connectivity index (χ2v) is 5.32. The molecule has 0 saturated carbocycles. The normalized spacial score (nSPS) is 28.1. The Morgan fingerprint density at radius 3 is 2.75 bits per heavy atom. The van der Waals surface area contributed by atoms with Crippen LogP contribution < -0.4 is 10.6 Å². The molecule has 0 aromatic carbocycles. The van der Waals surface area contributed by atoms with Crippen molar-refractivity contribution < 1.29 is 4.92 Å². The van der Waals surface area contributed by atoms with E-state index < -0.39 is 4.92 Å². The Labute approximate surface area is 116 Å². The topological polar surface area (TPSA) is 96.2 Å². The van der Waals surface area contributed by atoms with Crippen LogP contribution in [0.1, 0.15) is 12.8 Å². The molecule has 20 heavy (non-hydrogen) atoms. The second kappa shape index (κ2) is 5.20. The van der Waals surface area contributed by atoms with E-state index in [4.69, 9.17) is 0 Å². The molecule has 1 atom stereocenters. The lowest BCUT2D eigenvalue weighted by Gasteiger charge is -2.45. The highest BCUT2D eigenvalue weighted by Gasteiger charge is 2.35. The molecule has 0 radical (unpaired) electrons. The minimum atomic E-state index is -0.441. The van der Waals surface area contributed by atoms with Crippen LogP contribution in [0.2, 0.25) is 0 Å². The van der Waals surface area contributed by atoms with Gasteiger partial charge in [0.1, 0.15) is 6.20 Å². The average molecular weight is 278 g/mol. The first-order valence-electron chi connectivity index (χ1n) is 6.85. The first-order valence-corrected chi connectivity index (χ1v) is 6.85. The monoisotopic (exact) mass is 278 g/mol. The van der Waals surface area contributed by atoms with E-state index in [1.54, 1.807) is 7.05 Å². The zero-order chi connectivity index (χ0) is 14.1. The van der Waals surface area contributed by atoms with Gasteiger partial charge in [0.05, 0.1) is 4.92 Å². The zero-order valence-corrected chi connectivity index (χ0v) is 11.4. The van der Waals surface area contributed by atoms with Crippen LogP contribution in [0.4, 0.5) is 17.5 Å². The number of hydrogen-bond acceptors (Lipinski definition) is 7. The van der Waals surface area contributed by atoms with Crippen LogP contribution in [0.5, 0.6) is 0 Å². The van der Waals surface area contributed by atoms with Crippen molar-refractivity contribution in [3.05, 3.63) is 16.3 Å². The molecule has 4 heterocycles. The molecule has 3 saturated heterocycles. The van der Waals surface area contributed by atoms with Crippen molar-refractivity contribution in [2.45, 2.75) is 18.9 Å². The summed E-state index contributed by atoms with van der Waals surface area (Å²) in [6, 6.07) is 0.232.